The summed E-state index contributed by atoms with van der Waals surface area (Å²) in [4.78, 5) is 11.9. The molecule has 1 heterocycles. The van der Waals surface area contributed by atoms with Gasteiger partial charge in [0.25, 0.3) is 0 Å². The first-order valence-electron chi connectivity index (χ1n) is 8.57. The Hall–Kier alpha value is -0.910. The van der Waals surface area contributed by atoms with Gasteiger partial charge in [0.2, 0.25) is 5.91 Å². The van der Waals surface area contributed by atoms with Gasteiger partial charge in [0.1, 0.15) is 5.75 Å². The van der Waals surface area contributed by atoms with Crippen LogP contribution in [-0.2, 0) is 11.2 Å². The number of unbranched alkanes of at least 4 members (excludes halogenated alkanes) is 1. The van der Waals surface area contributed by atoms with Crippen molar-refractivity contribution in [2.75, 3.05) is 31.2 Å². The van der Waals surface area contributed by atoms with Gasteiger partial charge in [-0.15, -0.1) is 12.4 Å². The molecule has 1 unspecified atom stereocenters. The third kappa shape index (κ3) is 8.27. The number of amides is 1. The van der Waals surface area contributed by atoms with Crippen LogP contribution in [0.3, 0.4) is 0 Å². The average Bonchev–Trinajstić information content (AvgIpc) is 2.57. The van der Waals surface area contributed by atoms with Gasteiger partial charge in [0.15, 0.2) is 0 Å². The highest BCUT2D eigenvalue weighted by molar-refractivity contribution is 7.99. The summed E-state index contributed by atoms with van der Waals surface area (Å²) in [5.41, 5.74) is 1.22. The predicted molar refractivity (Wildman–Crippen MR) is 105 cm³/mol. The molecule has 6 heteroatoms. The number of halogens is 1. The number of benzene rings is 1. The lowest BCUT2D eigenvalue weighted by Gasteiger charge is -2.22. The third-order valence-corrected chi connectivity index (χ3v) is 4.99. The molecular formula is C18H29ClN2O2S. The number of ether oxygens (including phenoxy) is 1. The Kier molecular flexibility index (Phi) is 11.0. The average molecular weight is 373 g/mol. The van der Waals surface area contributed by atoms with E-state index in [1.807, 2.05) is 23.9 Å². The molecule has 1 aliphatic heterocycles. The summed E-state index contributed by atoms with van der Waals surface area (Å²) in [6, 6.07) is 8.50. The van der Waals surface area contributed by atoms with Crippen LogP contribution in [0.2, 0.25) is 0 Å². The minimum absolute atomic E-state index is 0. The van der Waals surface area contributed by atoms with Gasteiger partial charge in [-0.1, -0.05) is 25.5 Å². The molecule has 2 N–H and O–H groups in total. The second-order valence-electron chi connectivity index (χ2n) is 5.88. The van der Waals surface area contributed by atoms with E-state index in [-0.39, 0.29) is 18.3 Å². The van der Waals surface area contributed by atoms with Crippen LogP contribution in [0.25, 0.3) is 0 Å². The van der Waals surface area contributed by atoms with Crippen molar-refractivity contribution in [3.05, 3.63) is 29.8 Å². The van der Waals surface area contributed by atoms with Crippen molar-refractivity contribution < 1.29 is 9.53 Å². The van der Waals surface area contributed by atoms with Gasteiger partial charge in [-0.25, -0.2) is 0 Å². The zero-order valence-electron chi connectivity index (χ0n) is 14.4. The van der Waals surface area contributed by atoms with Gasteiger partial charge in [-0.3, -0.25) is 4.79 Å². The Bertz CT molecular complexity index is 465. The van der Waals surface area contributed by atoms with Crippen LogP contribution in [0.5, 0.6) is 5.75 Å². The molecule has 4 nitrogen and oxygen atoms in total. The number of nitrogens with one attached hydrogen (secondary N) is 2. The molecule has 1 saturated heterocycles. The summed E-state index contributed by atoms with van der Waals surface area (Å²) in [5.74, 6) is 3.25. The number of thioether (sulfide) groups is 1. The van der Waals surface area contributed by atoms with E-state index < -0.39 is 0 Å². The maximum Gasteiger partial charge on any atom is 0.221 e. The van der Waals surface area contributed by atoms with E-state index >= 15 is 0 Å². The second kappa shape index (κ2) is 12.5. The highest BCUT2D eigenvalue weighted by Gasteiger charge is 2.16. The largest absolute Gasteiger partial charge is 0.494 e. The molecule has 24 heavy (non-hydrogen) atoms. The predicted octanol–water partition coefficient (Wildman–Crippen LogP) is 3.04. The lowest BCUT2D eigenvalue weighted by molar-refractivity contribution is -0.121. The number of hydrogen-bond donors (Lipinski definition) is 2. The summed E-state index contributed by atoms with van der Waals surface area (Å²) < 4.78 is 5.65. The molecule has 1 aromatic carbocycles. The zero-order valence-corrected chi connectivity index (χ0v) is 16.0. The van der Waals surface area contributed by atoms with E-state index in [4.69, 9.17) is 4.74 Å². The van der Waals surface area contributed by atoms with Crippen LogP contribution in [-0.4, -0.2) is 43.2 Å². The Balaban J connectivity index is 0.00000288. The quantitative estimate of drug-likeness (QED) is 0.654. The first-order valence-corrected chi connectivity index (χ1v) is 9.73. The van der Waals surface area contributed by atoms with Gasteiger partial charge in [0.05, 0.1) is 6.61 Å². The molecule has 0 aliphatic carbocycles. The van der Waals surface area contributed by atoms with Crippen molar-refractivity contribution in [1.82, 2.24) is 10.6 Å². The van der Waals surface area contributed by atoms with Gasteiger partial charge in [0, 0.05) is 37.1 Å². The smallest absolute Gasteiger partial charge is 0.221 e. The summed E-state index contributed by atoms with van der Waals surface area (Å²) in [6.45, 7) is 4.63. The standard InChI is InChI=1S/C18H28N2O2S.ClH/c1-2-3-11-22-17-6-4-15(5-7-17)8-9-20-18(21)13-16-14-23-12-10-19-16;/h4-7,16,19H,2-3,8-14H2,1H3,(H,20,21);1H. The lowest BCUT2D eigenvalue weighted by Crippen LogP contribution is -2.41. The van der Waals surface area contributed by atoms with Gasteiger partial charge >= 0.3 is 0 Å². The summed E-state index contributed by atoms with van der Waals surface area (Å²) >= 11 is 1.92. The second-order valence-corrected chi connectivity index (χ2v) is 7.03. The van der Waals surface area contributed by atoms with Crippen LogP contribution >= 0.6 is 24.2 Å². The molecule has 1 fully saturated rings. The van der Waals surface area contributed by atoms with Gasteiger partial charge < -0.3 is 15.4 Å². The summed E-state index contributed by atoms with van der Waals surface area (Å²) in [7, 11) is 0. The van der Waals surface area contributed by atoms with Crippen molar-refractivity contribution in [3.8, 4) is 5.75 Å². The first kappa shape index (κ1) is 21.1. The number of carbonyl (C=O) groups is 1. The molecule has 0 bridgehead atoms. The van der Waals surface area contributed by atoms with Crippen molar-refractivity contribution in [3.63, 3.8) is 0 Å². The molecule has 1 atom stereocenters. The van der Waals surface area contributed by atoms with E-state index in [0.29, 0.717) is 19.0 Å². The van der Waals surface area contributed by atoms with E-state index in [2.05, 4.69) is 29.7 Å². The van der Waals surface area contributed by atoms with Gasteiger partial charge in [-0.05, 0) is 30.5 Å². The molecule has 2 rings (SSSR count). The highest BCUT2D eigenvalue weighted by Crippen LogP contribution is 2.13. The van der Waals surface area contributed by atoms with Crippen LogP contribution in [0.4, 0.5) is 0 Å². The molecule has 1 amide bonds. The molecule has 1 aliphatic rings. The maximum absolute atomic E-state index is 11.9. The fraction of sp³-hybridized carbons (Fsp3) is 0.611. The lowest BCUT2D eigenvalue weighted by atomic mass is 10.1. The van der Waals surface area contributed by atoms with Crippen LogP contribution < -0.4 is 15.4 Å². The minimum Gasteiger partial charge on any atom is -0.494 e. The van der Waals surface area contributed by atoms with Crippen molar-refractivity contribution in [1.29, 1.82) is 0 Å². The van der Waals surface area contributed by atoms with E-state index in [0.717, 1.165) is 49.7 Å². The molecular weight excluding hydrogens is 344 g/mol. The fourth-order valence-electron chi connectivity index (χ4n) is 2.48. The molecule has 0 spiro atoms. The number of hydrogen-bond acceptors (Lipinski definition) is 4. The third-order valence-electron chi connectivity index (χ3n) is 3.86. The molecule has 0 aromatic heterocycles. The topological polar surface area (TPSA) is 50.4 Å². The number of rotatable bonds is 9. The van der Waals surface area contributed by atoms with E-state index in [9.17, 15) is 4.79 Å². The monoisotopic (exact) mass is 372 g/mol. The Morgan fingerprint density at radius 2 is 2.17 bits per heavy atom. The number of carbonyl (C=O) groups excluding carboxylic acids is 1. The van der Waals surface area contributed by atoms with Crippen molar-refractivity contribution in [2.45, 2.75) is 38.6 Å². The van der Waals surface area contributed by atoms with Crippen molar-refractivity contribution in [2.24, 2.45) is 0 Å². The Labute approximate surface area is 155 Å². The fourth-order valence-corrected chi connectivity index (χ4v) is 3.43. The minimum atomic E-state index is 0. The Morgan fingerprint density at radius 1 is 1.38 bits per heavy atom. The molecule has 0 radical (unpaired) electrons. The van der Waals surface area contributed by atoms with E-state index in [1.54, 1.807) is 0 Å². The summed E-state index contributed by atoms with van der Waals surface area (Å²) in [5, 5.41) is 6.41. The maximum atomic E-state index is 11.9. The molecule has 136 valence electrons. The van der Waals surface area contributed by atoms with Crippen molar-refractivity contribution >= 4 is 30.1 Å². The van der Waals surface area contributed by atoms with Crippen LogP contribution in [0.1, 0.15) is 31.7 Å². The molecule has 0 saturated carbocycles. The SMILES string of the molecule is CCCCOc1ccc(CCNC(=O)CC2CSCCN2)cc1.Cl. The molecule has 1 aromatic rings. The first-order chi connectivity index (χ1) is 11.3. The highest BCUT2D eigenvalue weighted by atomic mass is 35.5. The Morgan fingerprint density at radius 3 is 2.83 bits per heavy atom. The van der Waals surface area contributed by atoms with E-state index in [1.165, 1.54) is 5.56 Å². The normalized spacial score (nSPS) is 17.0. The van der Waals surface area contributed by atoms with Crippen LogP contribution in [0, 0.1) is 0 Å². The zero-order chi connectivity index (χ0) is 16.3. The summed E-state index contributed by atoms with van der Waals surface area (Å²) in [6.07, 6.45) is 3.67. The van der Waals surface area contributed by atoms with Gasteiger partial charge in [-0.2, -0.15) is 11.8 Å². The van der Waals surface area contributed by atoms with Crippen LogP contribution in [0.15, 0.2) is 24.3 Å².